The molecule has 0 aliphatic rings. The molecule has 0 amide bonds. The molecule has 50 heavy (non-hydrogen) atoms. The van der Waals surface area contributed by atoms with E-state index in [9.17, 15) is 0 Å². The Balaban J connectivity index is 1.16. The molecule has 0 fully saturated rings. The van der Waals surface area contributed by atoms with Gasteiger partial charge in [0, 0.05) is 44.1 Å². The summed E-state index contributed by atoms with van der Waals surface area (Å²) in [5.74, 6) is 0.680. The van der Waals surface area contributed by atoms with E-state index in [1.165, 1.54) is 5.39 Å². The van der Waals surface area contributed by atoms with Crippen LogP contribution in [0.4, 0.5) is 0 Å². The van der Waals surface area contributed by atoms with E-state index in [1.807, 2.05) is 36.4 Å². The lowest BCUT2D eigenvalue weighted by Crippen LogP contribution is -1.96. The molecule has 0 unspecified atom stereocenters. The highest BCUT2D eigenvalue weighted by molar-refractivity contribution is 6.24. The van der Waals surface area contributed by atoms with Gasteiger partial charge in [0.05, 0.1) is 27.8 Å². The van der Waals surface area contributed by atoms with E-state index in [0.29, 0.717) is 5.82 Å². The van der Waals surface area contributed by atoms with Gasteiger partial charge >= 0.3 is 0 Å². The maximum Gasteiger partial charge on any atom is 0.160 e. The first-order valence-electron chi connectivity index (χ1n) is 16.8. The highest BCUT2D eigenvalue weighted by Gasteiger charge is 2.20. The molecular formula is C46H29N3O. The molecule has 0 saturated carbocycles. The van der Waals surface area contributed by atoms with Crippen LogP contribution >= 0.6 is 0 Å². The topological polar surface area (TPSA) is 43.9 Å². The Kier molecular flexibility index (Phi) is 6.46. The van der Waals surface area contributed by atoms with E-state index < -0.39 is 0 Å². The second-order valence-electron chi connectivity index (χ2n) is 12.6. The van der Waals surface area contributed by atoms with E-state index in [-0.39, 0.29) is 0 Å². The fourth-order valence-electron chi connectivity index (χ4n) is 7.31. The van der Waals surface area contributed by atoms with Gasteiger partial charge in [0.15, 0.2) is 5.82 Å². The zero-order valence-corrected chi connectivity index (χ0v) is 27.0. The molecule has 4 nitrogen and oxygen atoms in total. The second kappa shape index (κ2) is 11.4. The molecule has 4 heteroatoms. The van der Waals surface area contributed by atoms with E-state index >= 15 is 0 Å². The zero-order valence-electron chi connectivity index (χ0n) is 27.0. The van der Waals surface area contributed by atoms with Gasteiger partial charge < -0.3 is 8.98 Å². The predicted octanol–water partition coefficient (Wildman–Crippen LogP) is 12.1. The fraction of sp³-hybridized carbons (Fsp3) is 0. The van der Waals surface area contributed by atoms with Crippen molar-refractivity contribution in [1.82, 2.24) is 14.5 Å². The third kappa shape index (κ3) is 4.54. The van der Waals surface area contributed by atoms with Gasteiger partial charge in [0.25, 0.3) is 0 Å². The van der Waals surface area contributed by atoms with Crippen LogP contribution in [-0.2, 0) is 0 Å². The first-order chi connectivity index (χ1) is 24.8. The highest BCUT2D eigenvalue weighted by Crippen LogP contribution is 2.43. The molecule has 0 radical (unpaired) electrons. The first kappa shape index (κ1) is 28.3. The molecule has 0 aliphatic heterocycles. The van der Waals surface area contributed by atoms with E-state index in [0.717, 1.165) is 83.3 Å². The number of furan rings is 1. The summed E-state index contributed by atoms with van der Waals surface area (Å²) in [6.45, 7) is 0. The Morgan fingerprint density at radius 1 is 0.400 bits per heavy atom. The summed E-state index contributed by atoms with van der Waals surface area (Å²) in [6, 6.07) is 61.1. The van der Waals surface area contributed by atoms with Crippen LogP contribution < -0.4 is 0 Å². The summed E-state index contributed by atoms with van der Waals surface area (Å²) in [7, 11) is 0. The maximum absolute atomic E-state index is 6.96. The SMILES string of the molecule is c1ccc(-c2cc(-c3ccccc3)nc(-c3cccc(-c4cccc5c4oc4c5ccc5c4c4ccccc4n5-c4ccccc4)c3)n2)cc1. The van der Waals surface area contributed by atoms with Crippen molar-refractivity contribution in [2.45, 2.75) is 0 Å². The smallest absolute Gasteiger partial charge is 0.160 e. The molecule has 0 aliphatic carbocycles. The minimum atomic E-state index is 0.680. The molecule has 0 bridgehead atoms. The number of nitrogens with zero attached hydrogens (tertiary/aromatic N) is 3. The molecule has 10 rings (SSSR count). The van der Waals surface area contributed by atoms with Crippen LogP contribution in [0, 0.1) is 0 Å². The van der Waals surface area contributed by atoms with Gasteiger partial charge in [-0.05, 0) is 48.0 Å². The summed E-state index contributed by atoms with van der Waals surface area (Å²) < 4.78 is 9.29. The standard InChI is InChI=1S/C46H29N3O/c1-4-14-30(15-5-1)39-29-40(31-16-6-2-7-17-31)48-46(47-39)33-19-12-18-32(28-33)35-23-13-24-36-37-26-27-42-43(45(37)50-44(35)36)38-22-10-11-25-41(38)49(42)34-20-8-3-9-21-34/h1-29H. The maximum atomic E-state index is 6.96. The van der Waals surface area contributed by atoms with Crippen LogP contribution in [0.15, 0.2) is 180 Å². The van der Waals surface area contributed by atoms with Gasteiger partial charge in [0.1, 0.15) is 11.2 Å². The molecule has 0 spiro atoms. The number of rotatable bonds is 5. The average Bonchev–Trinajstić information content (AvgIpc) is 3.75. The van der Waals surface area contributed by atoms with Crippen LogP contribution in [-0.4, -0.2) is 14.5 Å². The van der Waals surface area contributed by atoms with Crippen molar-refractivity contribution >= 4 is 43.7 Å². The molecule has 234 valence electrons. The Morgan fingerprint density at radius 3 is 1.72 bits per heavy atom. The van der Waals surface area contributed by atoms with E-state index in [1.54, 1.807) is 0 Å². The van der Waals surface area contributed by atoms with Crippen molar-refractivity contribution in [2.75, 3.05) is 0 Å². The monoisotopic (exact) mass is 639 g/mol. The normalized spacial score (nSPS) is 11.6. The van der Waals surface area contributed by atoms with Crippen LogP contribution in [0.3, 0.4) is 0 Å². The van der Waals surface area contributed by atoms with Crippen molar-refractivity contribution in [2.24, 2.45) is 0 Å². The number of aromatic nitrogens is 3. The second-order valence-corrected chi connectivity index (χ2v) is 12.6. The lowest BCUT2D eigenvalue weighted by molar-refractivity contribution is 0.674. The molecule has 3 heterocycles. The quantitative estimate of drug-likeness (QED) is 0.188. The van der Waals surface area contributed by atoms with Crippen molar-refractivity contribution in [3.8, 4) is 50.7 Å². The molecular weight excluding hydrogens is 611 g/mol. The van der Waals surface area contributed by atoms with Gasteiger partial charge in [-0.3, -0.25) is 0 Å². The van der Waals surface area contributed by atoms with Gasteiger partial charge in [-0.2, -0.15) is 0 Å². The number of para-hydroxylation sites is 3. The predicted molar refractivity (Wildman–Crippen MR) is 205 cm³/mol. The lowest BCUT2D eigenvalue weighted by Gasteiger charge is -2.10. The molecule has 0 saturated heterocycles. The Morgan fingerprint density at radius 2 is 0.980 bits per heavy atom. The average molecular weight is 640 g/mol. The van der Waals surface area contributed by atoms with Gasteiger partial charge in [-0.15, -0.1) is 0 Å². The van der Waals surface area contributed by atoms with E-state index in [4.69, 9.17) is 14.4 Å². The summed E-state index contributed by atoms with van der Waals surface area (Å²) in [5, 5.41) is 4.49. The lowest BCUT2D eigenvalue weighted by atomic mass is 9.99. The number of hydrogen-bond donors (Lipinski definition) is 0. The van der Waals surface area contributed by atoms with Crippen LogP contribution in [0.2, 0.25) is 0 Å². The largest absolute Gasteiger partial charge is 0.455 e. The summed E-state index contributed by atoms with van der Waals surface area (Å²) in [6.07, 6.45) is 0. The molecule has 3 aromatic heterocycles. The minimum Gasteiger partial charge on any atom is -0.455 e. The zero-order chi connectivity index (χ0) is 33.0. The Bertz CT molecular complexity index is 2800. The summed E-state index contributed by atoms with van der Waals surface area (Å²) in [4.78, 5) is 10.2. The molecule has 0 atom stereocenters. The third-order valence-corrected chi connectivity index (χ3v) is 9.61. The van der Waals surface area contributed by atoms with Crippen molar-refractivity contribution in [3.63, 3.8) is 0 Å². The van der Waals surface area contributed by atoms with Gasteiger partial charge in [0.2, 0.25) is 0 Å². The summed E-state index contributed by atoms with van der Waals surface area (Å²) in [5.41, 5.74) is 12.1. The van der Waals surface area contributed by atoms with Crippen LogP contribution in [0.5, 0.6) is 0 Å². The number of benzene rings is 7. The van der Waals surface area contributed by atoms with E-state index in [2.05, 4.69) is 144 Å². The third-order valence-electron chi connectivity index (χ3n) is 9.61. The van der Waals surface area contributed by atoms with Gasteiger partial charge in [-0.25, -0.2) is 9.97 Å². The van der Waals surface area contributed by atoms with Crippen LogP contribution in [0.1, 0.15) is 0 Å². The fourth-order valence-corrected chi connectivity index (χ4v) is 7.31. The van der Waals surface area contributed by atoms with Crippen molar-refractivity contribution in [1.29, 1.82) is 0 Å². The van der Waals surface area contributed by atoms with Crippen molar-refractivity contribution in [3.05, 3.63) is 176 Å². The Labute approximate surface area is 288 Å². The first-order valence-corrected chi connectivity index (χ1v) is 16.8. The van der Waals surface area contributed by atoms with Crippen molar-refractivity contribution < 1.29 is 4.42 Å². The molecule has 10 aromatic rings. The Hall–Kier alpha value is -6.78. The number of hydrogen-bond acceptors (Lipinski definition) is 3. The number of fused-ring (bicyclic) bond motifs is 7. The van der Waals surface area contributed by atoms with Gasteiger partial charge in [-0.1, -0.05) is 133 Å². The highest BCUT2D eigenvalue weighted by atomic mass is 16.3. The molecule has 7 aromatic carbocycles. The molecule has 0 N–H and O–H groups in total. The summed E-state index contributed by atoms with van der Waals surface area (Å²) >= 11 is 0. The minimum absolute atomic E-state index is 0.680. The van der Waals surface area contributed by atoms with Crippen LogP contribution in [0.25, 0.3) is 94.5 Å².